The number of hydrogen-bond donors (Lipinski definition) is 2. The predicted octanol–water partition coefficient (Wildman–Crippen LogP) is 3.78. The lowest BCUT2D eigenvalue weighted by molar-refractivity contribution is -0.143. The van der Waals surface area contributed by atoms with Crippen LogP contribution < -0.4 is 5.32 Å². The quantitative estimate of drug-likeness (QED) is 0.806. The Morgan fingerprint density at radius 2 is 1.75 bits per heavy atom. The summed E-state index contributed by atoms with van der Waals surface area (Å²) in [6.45, 7) is 3.19. The van der Waals surface area contributed by atoms with Gasteiger partial charge < -0.3 is 15.3 Å². The number of benzene rings is 1. The molecule has 1 aromatic carbocycles. The number of amides is 2. The van der Waals surface area contributed by atoms with E-state index in [1.54, 1.807) is 29.2 Å². The molecular weight excluding hydrogens is 356 g/mol. The molecule has 28 heavy (non-hydrogen) atoms. The molecule has 0 spiro atoms. The second-order valence-corrected chi connectivity index (χ2v) is 8.37. The van der Waals surface area contributed by atoms with E-state index in [-0.39, 0.29) is 17.7 Å². The summed E-state index contributed by atoms with van der Waals surface area (Å²) in [4.78, 5) is 37.6. The molecule has 0 bridgehead atoms. The molecule has 1 aliphatic heterocycles. The molecule has 1 heterocycles. The molecule has 2 unspecified atom stereocenters. The summed E-state index contributed by atoms with van der Waals surface area (Å²) in [6, 6.07) is 6.98. The molecule has 2 fully saturated rings. The average molecular weight is 386 g/mol. The number of anilines is 1. The molecule has 1 aliphatic carbocycles. The zero-order valence-corrected chi connectivity index (χ0v) is 16.5. The fraction of sp³-hybridized carbons (Fsp3) is 0.591. The highest BCUT2D eigenvalue weighted by atomic mass is 16.4. The van der Waals surface area contributed by atoms with Crippen molar-refractivity contribution < 1.29 is 19.5 Å². The van der Waals surface area contributed by atoms with Crippen LogP contribution in [0.15, 0.2) is 24.3 Å². The number of nitrogens with one attached hydrogen (secondary N) is 1. The predicted molar refractivity (Wildman–Crippen MR) is 107 cm³/mol. The standard InChI is InChI=1S/C22H30N2O4/c1-15-3-2-4-16(13-15)14-20(25)23-19-7-5-17(6-8-19)21(26)24-11-9-18(10-12-24)22(27)28/h5-8,15-16,18H,2-4,9-14H2,1H3,(H,23,25)(H,27,28). The largest absolute Gasteiger partial charge is 0.481 e. The zero-order chi connectivity index (χ0) is 20.1. The van der Waals surface area contributed by atoms with Crippen molar-refractivity contribution in [2.24, 2.45) is 17.8 Å². The molecule has 0 radical (unpaired) electrons. The summed E-state index contributed by atoms with van der Waals surface area (Å²) in [7, 11) is 0. The van der Waals surface area contributed by atoms with Crippen LogP contribution in [0.5, 0.6) is 0 Å². The number of piperidine rings is 1. The van der Waals surface area contributed by atoms with Crippen molar-refractivity contribution in [1.82, 2.24) is 4.90 Å². The van der Waals surface area contributed by atoms with Gasteiger partial charge in [0.1, 0.15) is 0 Å². The van der Waals surface area contributed by atoms with Gasteiger partial charge in [-0.25, -0.2) is 0 Å². The molecule has 6 nitrogen and oxygen atoms in total. The number of carboxylic acid groups (broad SMARTS) is 1. The lowest BCUT2D eigenvalue weighted by Gasteiger charge is -2.30. The lowest BCUT2D eigenvalue weighted by atomic mass is 9.81. The van der Waals surface area contributed by atoms with Gasteiger partial charge in [-0.1, -0.05) is 19.8 Å². The highest BCUT2D eigenvalue weighted by Gasteiger charge is 2.27. The van der Waals surface area contributed by atoms with Crippen LogP contribution in [0, 0.1) is 17.8 Å². The van der Waals surface area contributed by atoms with Gasteiger partial charge in [0.05, 0.1) is 5.92 Å². The van der Waals surface area contributed by atoms with E-state index in [9.17, 15) is 14.4 Å². The maximum absolute atomic E-state index is 12.6. The Morgan fingerprint density at radius 3 is 2.36 bits per heavy atom. The molecule has 2 aliphatic rings. The molecule has 2 N–H and O–H groups in total. The van der Waals surface area contributed by atoms with Crippen molar-refractivity contribution in [3.8, 4) is 0 Å². The summed E-state index contributed by atoms with van der Waals surface area (Å²) < 4.78 is 0. The van der Waals surface area contributed by atoms with Crippen LogP contribution in [-0.4, -0.2) is 40.9 Å². The molecule has 1 saturated carbocycles. The number of carboxylic acids is 1. The maximum Gasteiger partial charge on any atom is 0.306 e. The summed E-state index contributed by atoms with van der Waals surface area (Å²) in [5.74, 6) is -0.00811. The van der Waals surface area contributed by atoms with Crippen LogP contribution in [0.25, 0.3) is 0 Å². The van der Waals surface area contributed by atoms with Gasteiger partial charge in [-0.3, -0.25) is 14.4 Å². The van der Waals surface area contributed by atoms with Gasteiger partial charge in [0.25, 0.3) is 5.91 Å². The first-order chi connectivity index (χ1) is 13.4. The van der Waals surface area contributed by atoms with E-state index in [1.807, 2.05) is 0 Å². The van der Waals surface area contributed by atoms with Crippen molar-refractivity contribution >= 4 is 23.5 Å². The monoisotopic (exact) mass is 386 g/mol. The van der Waals surface area contributed by atoms with E-state index in [0.29, 0.717) is 55.4 Å². The van der Waals surface area contributed by atoms with Gasteiger partial charge in [0, 0.05) is 30.8 Å². The van der Waals surface area contributed by atoms with Gasteiger partial charge in [-0.05, 0) is 61.8 Å². The van der Waals surface area contributed by atoms with Crippen LogP contribution in [0.4, 0.5) is 5.69 Å². The SMILES string of the molecule is CC1CCCC(CC(=O)Nc2ccc(C(=O)N3CCC(C(=O)O)CC3)cc2)C1. The number of hydrogen-bond acceptors (Lipinski definition) is 3. The van der Waals surface area contributed by atoms with E-state index >= 15 is 0 Å². The van der Waals surface area contributed by atoms with Gasteiger partial charge in [-0.15, -0.1) is 0 Å². The number of carbonyl (C=O) groups is 3. The summed E-state index contributed by atoms with van der Waals surface area (Å²) in [5.41, 5.74) is 1.27. The van der Waals surface area contributed by atoms with Gasteiger partial charge in [0.15, 0.2) is 0 Å². The van der Waals surface area contributed by atoms with Gasteiger partial charge in [-0.2, -0.15) is 0 Å². The third-order valence-corrected chi connectivity index (χ3v) is 6.07. The third kappa shape index (κ3) is 5.33. The zero-order valence-electron chi connectivity index (χ0n) is 16.5. The fourth-order valence-corrected chi connectivity index (χ4v) is 4.43. The van der Waals surface area contributed by atoms with Crippen LogP contribution in [0.2, 0.25) is 0 Å². The molecule has 1 aromatic rings. The highest BCUT2D eigenvalue weighted by molar-refractivity contribution is 5.96. The number of rotatable bonds is 5. The van der Waals surface area contributed by atoms with E-state index < -0.39 is 5.97 Å². The normalized spacial score (nSPS) is 23.2. The number of carbonyl (C=O) groups excluding carboxylic acids is 2. The Hall–Kier alpha value is -2.37. The maximum atomic E-state index is 12.6. The fourth-order valence-electron chi connectivity index (χ4n) is 4.43. The smallest absolute Gasteiger partial charge is 0.306 e. The number of likely N-dealkylation sites (tertiary alicyclic amines) is 1. The lowest BCUT2D eigenvalue weighted by Crippen LogP contribution is -2.40. The molecule has 6 heteroatoms. The Balaban J connectivity index is 1.49. The van der Waals surface area contributed by atoms with Crippen LogP contribution in [-0.2, 0) is 9.59 Å². The van der Waals surface area contributed by atoms with Crippen LogP contribution >= 0.6 is 0 Å². The Kier molecular flexibility index (Phi) is 6.70. The number of nitrogens with zero attached hydrogens (tertiary/aromatic N) is 1. The Bertz CT molecular complexity index is 708. The molecule has 3 rings (SSSR count). The minimum Gasteiger partial charge on any atom is -0.481 e. The van der Waals surface area contributed by atoms with Gasteiger partial charge in [0.2, 0.25) is 5.91 Å². The van der Waals surface area contributed by atoms with E-state index in [2.05, 4.69) is 12.2 Å². The average Bonchev–Trinajstić information content (AvgIpc) is 2.68. The highest BCUT2D eigenvalue weighted by Crippen LogP contribution is 2.31. The van der Waals surface area contributed by atoms with E-state index in [0.717, 1.165) is 12.8 Å². The summed E-state index contributed by atoms with van der Waals surface area (Å²) in [6.07, 6.45) is 6.28. The van der Waals surface area contributed by atoms with Gasteiger partial charge >= 0.3 is 5.97 Å². The molecular formula is C22H30N2O4. The topological polar surface area (TPSA) is 86.7 Å². The van der Waals surface area contributed by atoms with E-state index in [1.165, 1.54) is 12.8 Å². The first-order valence-electron chi connectivity index (χ1n) is 10.3. The first kappa shape index (κ1) is 20.4. The van der Waals surface area contributed by atoms with Crippen molar-refractivity contribution in [2.45, 2.75) is 51.9 Å². The van der Waals surface area contributed by atoms with Crippen molar-refractivity contribution in [3.05, 3.63) is 29.8 Å². The molecule has 2 atom stereocenters. The second kappa shape index (κ2) is 9.22. The Morgan fingerprint density at radius 1 is 1.07 bits per heavy atom. The van der Waals surface area contributed by atoms with Crippen molar-refractivity contribution in [1.29, 1.82) is 0 Å². The van der Waals surface area contributed by atoms with Crippen molar-refractivity contribution in [2.75, 3.05) is 18.4 Å². The third-order valence-electron chi connectivity index (χ3n) is 6.07. The minimum absolute atomic E-state index is 0.0360. The van der Waals surface area contributed by atoms with Crippen molar-refractivity contribution in [3.63, 3.8) is 0 Å². The van der Waals surface area contributed by atoms with Crippen LogP contribution in [0.1, 0.15) is 62.2 Å². The molecule has 0 aromatic heterocycles. The molecule has 1 saturated heterocycles. The second-order valence-electron chi connectivity index (χ2n) is 8.37. The minimum atomic E-state index is -0.783. The molecule has 2 amide bonds. The molecule has 152 valence electrons. The van der Waals surface area contributed by atoms with E-state index in [4.69, 9.17) is 5.11 Å². The first-order valence-corrected chi connectivity index (χ1v) is 10.3. The summed E-state index contributed by atoms with van der Waals surface area (Å²) in [5, 5.41) is 12.0. The Labute approximate surface area is 166 Å². The number of aliphatic carboxylic acids is 1. The summed E-state index contributed by atoms with van der Waals surface area (Å²) >= 11 is 0. The van der Waals surface area contributed by atoms with Crippen LogP contribution in [0.3, 0.4) is 0 Å².